The molecule has 31 heavy (non-hydrogen) atoms. The van der Waals surface area contributed by atoms with Crippen LogP contribution in [0.5, 0.6) is 0 Å². The van der Waals surface area contributed by atoms with Crippen LogP contribution in [0.3, 0.4) is 0 Å². The zero-order chi connectivity index (χ0) is 21.9. The van der Waals surface area contributed by atoms with E-state index in [0.717, 1.165) is 57.7 Å². The van der Waals surface area contributed by atoms with Crippen LogP contribution in [0.1, 0.15) is 78.1 Å². The molecule has 0 bridgehead atoms. The summed E-state index contributed by atoms with van der Waals surface area (Å²) in [4.78, 5) is 13.4. The average Bonchev–Trinajstić information content (AvgIpc) is 3.35. The highest BCUT2D eigenvalue weighted by Gasteiger charge is 2.63. The fourth-order valence-corrected chi connectivity index (χ4v) is 9.33. The Morgan fingerprint density at radius 1 is 1.10 bits per heavy atom. The zero-order valence-corrected chi connectivity index (χ0v) is 20.0. The molecule has 0 radical (unpaired) electrons. The summed E-state index contributed by atoms with van der Waals surface area (Å²) in [5, 5.41) is 13.0. The third-order valence-electron chi connectivity index (χ3n) is 10.7. The lowest BCUT2D eigenvalue weighted by atomic mass is 9.43. The molecule has 5 heteroatoms. The molecule has 5 nitrogen and oxygen atoms in total. The Bertz CT molecular complexity index is 690. The lowest BCUT2D eigenvalue weighted by Crippen LogP contribution is -2.58. The first-order valence-corrected chi connectivity index (χ1v) is 13.0. The number of hydrogen-bond acceptors (Lipinski definition) is 5. The second-order valence-electron chi connectivity index (χ2n) is 12.3. The van der Waals surface area contributed by atoms with Gasteiger partial charge in [0.1, 0.15) is 0 Å². The Hall–Kier alpha value is -0.490. The Balaban J connectivity index is 1.36. The van der Waals surface area contributed by atoms with Crippen molar-refractivity contribution in [3.63, 3.8) is 0 Å². The van der Waals surface area contributed by atoms with Crippen molar-refractivity contribution in [2.75, 3.05) is 33.4 Å². The van der Waals surface area contributed by atoms with E-state index in [-0.39, 0.29) is 16.7 Å². The summed E-state index contributed by atoms with van der Waals surface area (Å²) < 4.78 is 5.88. The van der Waals surface area contributed by atoms with Crippen molar-refractivity contribution in [1.29, 1.82) is 0 Å². The second kappa shape index (κ2) is 8.07. The molecule has 0 aromatic rings. The molecule has 0 amide bonds. The van der Waals surface area contributed by atoms with E-state index in [1.54, 1.807) is 0 Å². The maximum atomic E-state index is 13.4. The van der Waals surface area contributed by atoms with Gasteiger partial charge in [0, 0.05) is 26.1 Å². The van der Waals surface area contributed by atoms with Crippen LogP contribution < -0.4 is 5.43 Å². The van der Waals surface area contributed by atoms with Gasteiger partial charge in [-0.1, -0.05) is 6.92 Å². The van der Waals surface area contributed by atoms with Gasteiger partial charge in [0.2, 0.25) is 0 Å². The number of rotatable bonds is 5. The van der Waals surface area contributed by atoms with E-state index < -0.39 is 5.60 Å². The minimum Gasteiger partial charge on any atom is -0.390 e. The lowest BCUT2D eigenvalue weighted by Gasteiger charge is -2.62. The molecule has 0 aromatic carbocycles. The van der Waals surface area contributed by atoms with Crippen molar-refractivity contribution in [3.05, 3.63) is 0 Å². The lowest BCUT2D eigenvalue weighted by molar-refractivity contribution is -0.175. The largest absolute Gasteiger partial charge is 0.390 e. The topological polar surface area (TPSA) is 61.8 Å². The van der Waals surface area contributed by atoms with Gasteiger partial charge in [-0.3, -0.25) is 10.2 Å². The van der Waals surface area contributed by atoms with E-state index in [0.29, 0.717) is 30.1 Å². The van der Waals surface area contributed by atoms with Crippen LogP contribution in [0.15, 0.2) is 0 Å². The monoisotopic (exact) mass is 432 g/mol. The van der Waals surface area contributed by atoms with Crippen LogP contribution in [0.2, 0.25) is 0 Å². The SMILES string of the molecule is COC[C@]12CC[C@@](C)(O)C[C@@H]1CC[C@H]1[C@@H]3CC[C@H](C(=O)CN4CCCN4)[C@@]3(C)CC[C@@H]12. The summed E-state index contributed by atoms with van der Waals surface area (Å²) in [7, 11) is 1.87. The van der Waals surface area contributed by atoms with Gasteiger partial charge in [-0.2, -0.15) is 0 Å². The smallest absolute Gasteiger partial charge is 0.151 e. The highest BCUT2D eigenvalue weighted by atomic mass is 16.5. The zero-order valence-electron chi connectivity index (χ0n) is 20.0. The van der Waals surface area contributed by atoms with Crippen molar-refractivity contribution in [1.82, 2.24) is 10.4 Å². The summed E-state index contributed by atoms with van der Waals surface area (Å²) in [5.74, 6) is 3.42. The number of methoxy groups -OCH3 is 1. The molecule has 4 saturated carbocycles. The quantitative estimate of drug-likeness (QED) is 0.692. The van der Waals surface area contributed by atoms with E-state index in [1.807, 2.05) is 14.0 Å². The number of Topliss-reactive ketones (excluding diaryl/α,β-unsaturated/α-hetero) is 1. The summed E-state index contributed by atoms with van der Waals surface area (Å²) in [6.07, 6.45) is 11.4. The number of hydrazine groups is 1. The standard InChI is InChI=1S/C26H44N2O3/c1-24(30)11-12-26(17-31-3)18(15-24)5-6-19-20-7-8-22(25(20,2)10-9-21(19)26)23(29)16-28-14-4-13-27-28/h18-22,27,30H,4-17H2,1-3H3/t18-,19-,20-,21-,22+,24+,25-,26+/m0/s1. The number of nitrogens with one attached hydrogen (secondary N) is 1. The third kappa shape index (κ3) is 3.62. The first kappa shape index (κ1) is 22.3. The molecule has 0 aromatic heterocycles. The average molecular weight is 433 g/mol. The normalized spacial score (nSPS) is 50.0. The fraction of sp³-hybridized carbons (Fsp3) is 0.962. The fourth-order valence-electron chi connectivity index (χ4n) is 9.33. The Labute approximate surface area is 188 Å². The highest BCUT2D eigenvalue weighted by molar-refractivity contribution is 5.84. The van der Waals surface area contributed by atoms with Gasteiger partial charge < -0.3 is 9.84 Å². The van der Waals surface area contributed by atoms with E-state index >= 15 is 0 Å². The van der Waals surface area contributed by atoms with Crippen molar-refractivity contribution in [3.8, 4) is 0 Å². The van der Waals surface area contributed by atoms with Crippen LogP contribution in [-0.2, 0) is 9.53 Å². The molecule has 5 rings (SSSR count). The van der Waals surface area contributed by atoms with Crippen LogP contribution in [-0.4, -0.2) is 54.9 Å². The Morgan fingerprint density at radius 2 is 1.94 bits per heavy atom. The van der Waals surface area contributed by atoms with Crippen LogP contribution in [0, 0.1) is 40.4 Å². The summed E-state index contributed by atoms with van der Waals surface area (Å²) in [6.45, 7) is 7.95. The minimum atomic E-state index is -0.508. The van der Waals surface area contributed by atoms with Gasteiger partial charge in [-0.05, 0) is 106 Å². The first-order valence-electron chi connectivity index (χ1n) is 13.0. The van der Waals surface area contributed by atoms with Crippen LogP contribution in [0.4, 0.5) is 0 Å². The maximum absolute atomic E-state index is 13.4. The molecule has 1 heterocycles. The number of ketones is 1. The van der Waals surface area contributed by atoms with Gasteiger partial charge >= 0.3 is 0 Å². The van der Waals surface area contributed by atoms with Gasteiger partial charge in [0.25, 0.3) is 0 Å². The maximum Gasteiger partial charge on any atom is 0.151 e. The summed E-state index contributed by atoms with van der Waals surface area (Å²) in [6, 6.07) is 0. The molecule has 0 spiro atoms. The predicted molar refractivity (Wildman–Crippen MR) is 121 cm³/mol. The van der Waals surface area contributed by atoms with Crippen molar-refractivity contribution in [2.24, 2.45) is 40.4 Å². The number of fused-ring (bicyclic) bond motifs is 5. The van der Waals surface area contributed by atoms with Crippen molar-refractivity contribution >= 4 is 5.78 Å². The van der Waals surface area contributed by atoms with Crippen molar-refractivity contribution in [2.45, 2.75) is 83.7 Å². The van der Waals surface area contributed by atoms with Gasteiger partial charge in [0.05, 0.1) is 18.8 Å². The van der Waals surface area contributed by atoms with Gasteiger partial charge in [-0.15, -0.1) is 0 Å². The molecule has 2 N–H and O–H groups in total. The van der Waals surface area contributed by atoms with Crippen molar-refractivity contribution < 1.29 is 14.6 Å². The molecule has 176 valence electrons. The van der Waals surface area contributed by atoms with E-state index in [1.165, 1.54) is 32.1 Å². The number of aliphatic hydroxyl groups is 1. The molecule has 1 aliphatic heterocycles. The third-order valence-corrected chi connectivity index (χ3v) is 10.7. The molecular formula is C26H44N2O3. The number of carbonyl (C=O) groups excluding carboxylic acids is 1. The second-order valence-corrected chi connectivity index (χ2v) is 12.3. The molecule has 8 atom stereocenters. The van der Waals surface area contributed by atoms with Gasteiger partial charge in [-0.25, -0.2) is 5.01 Å². The van der Waals surface area contributed by atoms with Gasteiger partial charge in [0.15, 0.2) is 5.78 Å². The predicted octanol–water partition coefficient (Wildman–Crippen LogP) is 3.80. The minimum absolute atomic E-state index is 0.180. The molecule has 0 unspecified atom stereocenters. The van der Waals surface area contributed by atoms with Crippen LogP contribution >= 0.6 is 0 Å². The highest BCUT2D eigenvalue weighted by Crippen LogP contribution is 2.68. The Morgan fingerprint density at radius 3 is 2.68 bits per heavy atom. The molecular weight excluding hydrogens is 388 g/mol. The molecule has 5 aliphatic rings. The van der Waals surface area contributed by atoms with E-state index in [4.69, 9.17) is 4.74 Å². The van der Waals surface area contributed by atoms with E-state index in [2.05, 4.69) is 17.4 Å². The van der Waals surface area contributed by atoms with Crippen LogP contribution in [0.25, 0.3) is 0 Å². The number of nitrogens with zero attached hydrogens (tertiary/aromatic N) is 1. The molecule has 1 saturated heterocycles. The molecule has 4 aliphatic carbocycles. The summed E-state index contributed by atoms with van der Waals surface area (Å²) >= 11 is 0. The molecule has 5 fully saturated rings. The van der Waals surface area contributed by atoms with E-state index in [9.17, 15) is 9.90 Å². The number of ether oxygens (including phenoxy) is 1. The first-order chi connectivity index (χ1) is 14.8. The number of hydrogen-bond donors (Lipinski definition) is 2. The Kier molecular flexibility index (Phi) is 5.81. The summed E-state index contributed by atoms with van der Waals surface area (Å²) in [5.41, 5.74) is 3.29. The number of carbonyl (C=O) groups is 1.